The summed E-state index contributed by atoms with van der Waals surface area (Å²) in [6.45, 7) is 6.40. The van der Waals surface area contributed by atoms with Crippen LogP contribution >= 0.6 is 0 Å². The molecule has 0 bridgehead atoms. The van der Waals surface area contributed by atoms with E-state index in [0.29, 0.717) is 35.7 Å². The largest absolute Gasteiger partial charge is 0.310 e. The smallest absolute Gasteiger partial charge is 0.259 e. The molecule has 0 unspecified atom stereocenters. The van der Waals surface area contributed by atoms with Gasteiger partial charge in [0.05, 0.1) is 23.5 Å². The molecule has 0 saturated heterocycles. The third kappa shape index (κ3) is 4.73. The predicted octanol–water partition coefficient (Wildman–Crippen LogP) is 5.10. The van der Waals surface area contributed by atoms with E-state index in [-0.39, 0.29) is 11.6 Å². The topological polar surface area (TPSA) is 93.8 Å². The van der Waals surface area contributed by atoms with E-state index in [4.69, 9.17) is 4.98 Å². The number of pyridine rings is 1. The van der Waals surface area contributed by atoms with Gasteiger partial charge in [-0.05, 0) is 75.3 Å². The number of benzene rings is 1. The Bertz CT molecular complexity index is 1570. The fourth-order valence-electron chi connectivity index (χ4n) is 5.37. The Morgan fingerprint density at radius 3 is 2.74 bits per heavy atom. The van der Waals surface area contributed by atoms with Crippen molar-refractivity contribution in [1.29, 1.82) is 0 Å². The second kappa shape index (κ2) is 9.37. The molecule has 0 radical (unpaired) electrons. The van der Waals surface area contributed by atoms with Gasteiger partial charge in [0.1, 0.15) is 29.5 Å². The number of nitrogens with one attached hydrogen (secondary N) is 1. The van der Waals surface area contributed by atoms with Crippen molar-refractivity contribution in [3.63, 3.8) is 0 Å². The van der Waals surface area contributed by atoms with E-state index >= 15 is 4.39 Å². The maximum atomic E-state index is 15.5. The number of rotatable bonds is 7. The molecule has 3 aliphatic rings. The van der Waals surface area contributed by atoms with Crippen molar-refractivity contribution < 1.29 is 9.18 Å². The van der Waals surface area contributed by atoms with Gasteiger partial charge < -0.3 is 14.5 Å². The van der Waals surface area contributed by atoms with Crippen LogP contribution in [0.2, 0.25) is 0 Å². The minimum Gasteiger partial charge on any atom is -0.310 e. The van der Waals surface area contributed by atoms with Crippen LogP contribution in [0.5, 0.6) is 0 Å². The van der Waals surface area contributed by atoms with E-state index in [1.54, 1.807) is 24.5 Å². The quantitative estimate of drug-likeness (QED) is 0.360. The SMILES string of the molecule is CC(C)n1cnnc1-c1cccc(NC(=O)c2cc3c(cc2F)CN(CC2CC2)Cc2nc(C4CC4)cn2-3)n1. The summed E-state index contributed by atoms with van der Waals surface area (Å²) in [5.74, 6) is 2.01. The van der Waals surface area contributed by atoms with Crippen LogP contribution in [0.15, 0.2) is 42.9 Å². The molecule has 10 heteroatoms. The van der Waals surface area contributed by atoms with Crippen molar-refractivity contribution in [3.05, 3.63) is 71.3 Å². The number of halogens is 1. The summed E-state index contributed by atoms with van der Waals surface area (Å²) in [4.78, 5) is 25.3. The molecule has 4 heterocycles. The summed E-state index contributed by atoms with van der Waals surface area (Å²) in [6.07, 6.45) is 8.57. The van der Waals surface area contributed by atoms with Crippen LogP contribution in [0, 0.1) is 11.7 Å². The number of imidazole rings is 1. The minimum atomic E-state index is -0.548. The lowest BCUT2D eigenvalue weighted by molar-refractivity contribution is 0.102. The Labute approximate surface area is 226 Å². The summed E-state index contributed by atoms with van der Waals surface area (Å²) < 4.78 is 19.5. The zero-order valence-electron chi connectivity index (χ0n) is 22.1. The summed E-state index contributed by atoms with van der Waals surface area (Å²) in [5.41, 5.74) is 3.34. The molecule has 2 saturated carbocycles. The zero-order valence-corrected chi connectivity index (χ0v) is 22.1. The lowest BCUT2D eigenvalue weighted by Crippen LogP contribution is -2.24. The van der Waals surface area contributed by atoms with E-state index in [1.165, 1.54) is 18.9 Å². The number of anilines is 1. The predicted molar refractivity (Wildman–Crippen MR) is 144 cm³/mol. The molecule has 9 nitrogen and oxygen atoms in total. The van der Waals surface area contributed by atoms with E-state index in [1.807, 2.05) is 24.5 Å². The van der Waals surface area contributed by atoms with Crippen molar-refractivity contribution in [2.24, 2.45) is 5.92 Å². The molecule has 4 aromatic rings. The molecule has 1 N–H and O–H groups in total. The normalized spacial score (nSPS) is 17.1. The third-order valence-electron chi connectivity index (χ3n) is 7.79. The van der Waals surface area contributed by atoms with Crippen molar-refractivity contribution in [2.75, 3.05) is 11.9 Å². The van der Waals surface area contributed by atoms with E-state index in [2.05, 4.69) is 36.2 Å². The highest BCUT2D eigenvalue weighted by molar-refractivity contribution is 6.04. The second-order valence-electron chi connectivity index (χ2n) is 11.3. The van der Waals surface area contributed by atoms with Gasteiger partial charge in [0.15, 0.2) is 5.82 Å². The van der Waals surface area contributed by atoms with Crippen molar-refractivity contribution in [3.8, 4) is 17.2 Å². The molecule has 3 aromatic heterocycles. The molecule has 1 aliphatic heterocycles. The fraction of sp³-hybridized carbons (Fsp3) is 0.414. The lowest BCUT2D eigenvalue weighted by Gasteiger charge is -2.19. The molecule has 39 heavy (non-hydrogen) atoms. The van der Waals surface area contributed by atoms with E-state index in [9.17, 15) is 4.79 Å². The molecule has 7 rings (SSSR count). The first-order valence-corrected chi connectivity index (χ1v) is 13.7. The molecular weight excluding hydrogens is 495 g/mol. The monoisotopic (exact) mass is 526 g/mol. The number of nitrogens with zero attached hydrogens (tertiary/aromatic N) is 7. The number of aromatic nitrogens is 6. The summed E-state index contributed by atoms with van der Waals surface area (Å²) in [5, 5.41) is 11.0. The van der Waals surface area contributed by atoms with Gasteiger partial charge in [-0.15, -0.1) is 10.2 Å². The zero-order chi connectivity index (χ0) is 26.7. The molecule has 1 amide bonds. The third-order valence-corrected chi connectivity index (χ3v) is 7.79. The average molecular weight is 527 g/mol. The molecule has 2 fully saturated rings. The Morgan fingerprint density at radius 2 is 1.97 bits per heavy atom. The average Bonchev–Trinajstić information content (AvgIpc) is 3.83. The van der Waals surface area contributed by atoms with Gasteiger partial charge >= 0.3 is 0 Å². The Kier molecular flexibility index (Phi) is 5.80. The Morgan fingerprint density at radius 1 is 1.13 bits per heavy atom. The summed E-state index contributed by atoms with van der Waals surface area (Å²) >= 11 is 0. The first kappa shape index (κ1) is 24.1. The number of fused-ring (bicyclic) bond motifs is 3. The van der Waals surface area contributed by atoms with Crippen molar-refractivity contribution in [2.45, 2.75) is 64.6 Å². The van der Waals surface area contributed by atoms with Gasteiger partial charge in [0.25, 0.3) is 5.91 Å². The standard InChI is InChI=1S/C29H31FN8O/c1-17(2)38-16-31-35-28(38)23-4-3-5-26(32-23)34-29(39)21-11-25-20(10-22(21)30)13-36(12-18-6-7-18)15-27-33-24(14-37(25)27)19-8-9-19/h3-5,10-11,14,16-19H,6-9,12-13,15H2,1-2H3,(H,32,34,39). The number of hydrogen-bond acceptors (Lipinski definition) is 6. The van der Waals surface area contributed by atoms with Crippen LogP contribution in [0.25, 0.3) is 17.2 Å². The van der Waals surface area contributed by atoms with Crippen molar-refractivity contribution in [1.82, 2.24) is 34.2 Å². The summed E-state index contributed by atoms with van der Waals surface area (Å²) in [7, 11) is 0. The lowest BCUT2D eigenvalue weighted by atomic mass is 10.1. The van der Waals surface area contributed by atoms with Crippen LogP contribution in [-0.4, -0.2) is 46.7 Å². The van der Waals surface area contributed by atoms with Crippen LogP contribution in [0.1, 0.15) is 78.9 Å². The summed E-state index contributed by atoms with van der Waals surface area (Å²) in [6, 6.07) is 8.62. The number of amides is 1. The van der Waals surface area contributed by atoms with Crippen molar-refractivity contribution >= 4 is 11.7 Å². The van der Waals surface area contributed by atoms with Crippen LogP contribution in [-0.2, 0) is 13.1 Å². The molecule has 0 spiro atoms. The van der Waals surface area contributed by atoms with E-state index < -0.39 is 11.7 Å². The van der Waals surface area contributed by atoms with Gasteiger partial charge in [-0.2, -0.15) is 0 Å². The first-order valence-electron chi connectivity index (χ1n) is 13.7. The van der Waals surface area contributed by atoms with Gasteiger partial charge in [-0.25, -0.2) is 14.4 Å². The van der Waals surface area contributed by atoms with Crippen LogP contribution in [0.4, 0.5) is 10.2 Å². The highest BCUT2D eigenvalue weighted by Crippen LogP contribution is 2.41. The number of carbonyl (C=O) groups excluding carboxylic acids is 1. The fourth-order valence-corrected chi connectivity index (χ4v) is 5.37. The molecule has 200 valence electrons. The molecule has 2 aliphatic carbocycles. The molecule has 0 atom stereocenters. The first-order chi connectivity index (χ1) is 18.9. The van der Waals surface area contributed by atoms with Gasteiger partial charge in [-0.1, -0.05) is 6.07 Å². The Hall–Kier alpha value is -3.92. The Balaban J connectivity index is 1.21. The second-order valence-corrected chi connectivity index (χ2v) is 11.3. The van der Waals surface area contributed by atoms with Gasteiger partial charge in [-0.3, -0.25) is 9.69 Å². The maximum absolute atomic E-state index is 15.5. The number of hydrogen-bond donors (Lipinski definition) is 1. The minimum absolute atomic E-state index is 0.0189. The van der Waals surface area contributed by atoms with Crippen LogP contribution < -0.4 is 5.32 Å². The highest BCUT2D eigenvalue weighted by Gasteiger charge is 2.32. The van der Waals surface area contributed by atoms with Crippen LogP contribution in [0.3, 0.4) is 0 Å². The molecular formula is C29H31FN8O. The van der Waals surface area contributed by atoms with E-state index in [0.717, 1.165) is 48.7 Å². The van der Waals surface area contributed by atoms with Gasteiger partial charge in [0.2, 0.25) is 0 Å². The highest BCUT2D eigenvalue weighted by atomic mass is 19.1. The van der Waals surface area contributed by atoms with Gasteiger partial charge in [0, 0.05) is 31.2 Å². The maximum Gasteiger partial charge on any atom is 0.259 e. The molecule has 1 aromatic carbocycles. The number of carbonyl (C=O) groups is 1.